The maximum atomic E-state index is 11.6. The van der Waals surface area contributed by atoms with Crippen LogP contribution in [0.1, 0.15) is 31.4 Å². The average molecular weight is 397 g/mol. The number of nitrogens with one attached hydrogen (secondary N) is 2. The summed E-state index contributed by atoms with van der Waals surface area (Å²) >= 11 is 0. The molecule has 0 aromatic heterocycles. The Morgan fingerprint density at radius 2 is 2.04 bits per heavy atom. The molecule has 1 aliphatic heterocycles. The lowest BCUT2D eigenvalue weighted by Crippen LogP contribution is -2.44. The van der Waals surface area contributed by atoms with Crippen LogP contribution in [0.15, 0.2) is 29.3 Å². The standard InChI is InChI=1S/C19H32N4O3S/c1-4-27(24,25)13-10-21-19(20-2)22-15-18(23-11-5-6-12-23)16-8-7-9-17(14-16)26-3/h7-9,14,18H,4-6,10-13,15H2,1-3H3,(H2,20,21,22). The number of hydrogen-bond donors (Lipinski definition) is 2. The number of nitrogens with zero attached hydrogens (tertiary/aromatic N) is 2. The normalized spacial score (nSPS) is 16.9. The van der Waals surface area contributed by atoms with Crippen molar-refractivity contribution in [2.45, 2.75) is 25.8 Å². The monoisotopic (exact) mass is 396 g/mol. The summed E-state index contributed by atoms with van der Waals surface area (Å²) in [6.07, 6.45) is 2.42. The van der Waals surface area contributed by atoms with Gasteiger partial charge >= 0.3 is 0 Å². The van der Waals surface area contributed by atoms with E-state index in [0.717, 1.165) is 18.8 Å². The van der Waals surface area contributed by atoms with Gasteiger partial charge in [0.15, 0.2) is 15.8 Å². The summed E-state index contributed by atoms with van der Waals surface area (Å²) in [5.74, 6) is 1.74. The Bertz CT molecular complexity index is 715. The van der Waals surface area contributed by atoms with Crippen molar-refractivity contribution in [2.75, 3.05) is 51.8 Å². The second-order valence-electron chi connectivity index (χ2n) is 6.65. The van der Waals surface area contributed by atoms with Gasteiger partial charge in [-0.3, -0.25) is 9.89 Å². The summed E-state index contributed by atoms with van der Waals surface area (Å²) in [7, 11) is 0.388. The summed E-state index contributed by atoms with van der Waals surface area (Å²) in [5.41, 5.74) is 1.20. The fraction of sp³-hybridized carbons (Fsp3) is 0.632. The van der Waals surface area contributed by atoms with Crippen molar-refractivity contribution >= 4 is 15.8 Å². The van der Waals surface area contributed by atoms with Crippen LogP contribution in [0.25, 0.3) is 0 Å². The van der Waals surface area contributed by atoms with E-state index in [2.05, 4.69) is 32.7 Å². The van der Waals surface area contributed by atoms with E-state index in [1.807, 2.05) is 12.1 Å². The van der Waals surface area contributed by atoms with Gasteiger partial charge in [-0.25, -0.2) is 8.42 Å². The van der Waals surface area contributed by atoms with Crippen LogP contribution in [0, 0.1) is 0 Å². The molecular weight excluding hydrogens is 364 g/mol. The van der Waals surface area contributed by atoms with E-state index in [0.29, 0.717) is 19.0 Å². The van der Waals surface area contributed by atoms with E-state index in [1.54, 1.807) is 21.1 Å². The predicted octanol–water partition coefficient (Wildman–Crippen LogP) is 1.43. The van der Waals surface area contributed by atoms with Crippen LogP contribution in [0.4, 0.5) is 0 Å². The summed E-state index contributed by atoms with van der Waals surface area (Å²) in [6.45, 7) is 4.85. The van der Waals surface area contributed by atoms with E-state index >= 15 is 0 Å². The van der Waals surface area contributed by atoms with E-state index in [9.17, 15) is 8.42 Å². The van der Waals surface area contributed by atoms with Gasteiger partial charge in [-0.2, -0.15) is 0 Å². The van der Waals surface area contributed by atoms with Crippen molar-refractivity contribution in [1.29, 1.82) is 0 Å². The Morgan fingerprint density at radius 3 is 2.67 bits per heavy atom. The lowest BCUT2D eigenvalue weighted by molar-refractivity contribution is 0.245. The molecule has 0 amide bonds. The van der Waals surface area contributed by atoms with Crippen LogP contribution in [0.3, 0.4) is 0 Å². The molecule has 0 bridgehead atoms. The maximum absolute atomic E-state index is 11.6. The second-order valence-corrected chi connectivity index (χ2v) is 9.12. The number of benzene rings is 1. The minimum Gasteiger partial charge on any atom is -0.497 e. The Balaban J connectivity index is 1.99. The number of hydrogen-bond acceptors (Lipinski definition) is 5. The molecule has 0 aliphatic carbocycles. The van der Waals surface area contributed by atoms with Crippen LogP contribution < -0.4 is 15.4 Å². The first-order valence-electron chi connectivity index (χ1n) is 9.52. The Morgan fingerprint density at radius 1 is 1.30 bits per heavy atom. The van der Waals surface area contributed by atoms with Crippen molar-refractivity contribution in [2.24, 2.45) is 4.99 Å². The van der Waals surface area contributed by atoms with Gasteiger partial charge in [-0.05, 0) is 43.6 Å². The fourth-order valence-corrected chi connectivity index (χ4v) is 3.94. The van der Waals surface area contributed by atoms with Gasteiger partial charge in [0.1, 0.15) is 5.75 Å². The molecule has 1 saturated heterocycles. The largest absolute Gasteiger partial charge is 0.497 e. The highest BCUT2D eigenvalue weighted by molar-refractivity contribution is 7.91. The third kappa shape index (κ3) is 6.70. The predicted molar refractivity (Wildman–Crippen MR) is 110 cm³/mol. The molecule has 2 N–H and O–H groups in total. The van der Waals surface area contributed by atoms with Crippen molar-refractivity contribution in [3.8, 4) is 5.75 Å². The number of aliphatic imine (C=N–C) groups is 1. The number of guanidine groups is 1. The van der Waals surface area contributed by atoms with Crippen LogP contribution in [0.2, 0.25) is 0 Å². The zero-order valence-corrected chi connectivity index (χ0v) is 17.4. The van der Waals surface area contributed by atoms with Gasteiger partial charge in [0.2, 0.25) is 0 Å². The van der Waals surface area contributed by atoms with Gasteiger partial charge in [-0.1, -0.05) is 19.1 Å². The summed E-state index contributed by atoms with van der Waals surface area (Å²) in [5, 5.41) is 6.44. The second kappa shape index (κ2) is 10.5. The van der Waals surface area contributed by atoms with E-state index in [1.165, 1.54) is 18.4 Å². The lowest BCUT2D eigenvalue weighted by Gasteiger charge is -2.29. The summed E-state index contributed by atoms with van der Waals surface area (Å²) in [4.78, 5) is 6.68. The van der Waals surface area contributed by atoms with Crippen LogP contribution >= 0.6 is 0 Å². The molecule has 2 rings (SSSR count). The van der Waals surface area contributed by atoms with Crippen LogP contribution in [-0.4, -0.2) is 71.1 Å². The molecule has 1 unspecified atom stereocenters. The SMILES string of the molecule is CCS(=O)(=O)CCNC(=NC)NCC(c1cccc(OC)c1)N1CCCC1. The van der Waals surface area contributed by atoms with Crippen LogP contribution in [-0.2, 0) is 9.84 Å². The quantitative estimate of drug-likeness (QED) is 0.485. The molecule has 1 atom stereocenters. The number of ether oxygens (including phenoxy) is 1. The molecule has 1 heterocycles. The van der Waals surface area contributed by atoms with Crippen molar-refractivity contribution in [3.63, 3.8) is 0 Å². The molecule has 1 fully saturated rings. The molecule has 8 heteroatoms. The van der Waals surface area contributed by atoms with Gasteiger partial charge in [-0.15, -0.1) is 0 Å². The molecule has 7 nitrogen and oxygen atoms in total. The number of rotatable bonds is 9. The first-order chi connectivity index (χ1) is 13.0. The lowest BCUT2D eigenvalue weighted by atomic mass is 10.1. The highest BCUT2D eigenvalue weighted by atomic mass is 32.2. The molecule has 27 heavy (non-hydrogen) atoms. The van der Waals surface area contributed by atoms with Gasteiger partial charge in [0.05, 0.1) is 18.9 Å². The summed E-state index contributed by atoms with van der Waals surface area (Å²) < 4.78 is 28.6. The Hall–Kier alpha value is -1.80. The third-order valence-electron chi connectivity index (χ3n) is 4.89. The topological polar surface area (TPSA) is 83.0 Å². The molecule has 0 saturated carbocycles. The zero-order valence-electron chi connectivity index (χ0n) is 16.6. The van der Waals surface area contributed by atoms with Crippen molar-refractivity contribution in [1.82, 2.24) is 15.5 Å². The van der Waals surface area contributed by atoms with E-state index < -0.39 is 9.84 Å². The molecule has 152 valence electrons. The number of likely N-dealkylation sites (tertiary alicyclic amines) is 1. The third-order valence-corrected chi connectivity index (χ3v) is 6.60. The molecule has 1 aromatic rings. The van der Waals surface area contributed by atoms with Crippen molar-refractivity contribution < 1.29 is 13.2 Å². The van der Waals surface area contributed by atoms with Crippen molar-refractivity contribution in [3.05, 3.63) is 29.8 Å². The van der Waals surface area contributed by atoms with E-state index in [-0.39, 0.29) is 17.5 Å². The van der Waals surface area contributed by atoms with E-state index in [4.69, 9.17) is 4.74 Å². The fourth-order valence-electron chi connectivity index (χ4n) is 3.24. The molecule has 1 aliphatic rings. The minimum atomic E-state index is -2.99. The van der Waals surface area contributed by atoms with Gasteiger partial charge < -0.3 is 15.4 Å². The average Bonchev–Trinajstić information content (AvgIpc) is 3.21. The Labute approximate surface area is 163 Å². The molecular formula is C19H32N4O3S. The van der Waals surface area contributed by atoms with Gasteiger partial charge in [0.25, 0.3) is 0 Å². The maximum Gasteiger partial charge on any atom is 0.191 e. The number of sulfone groups is 1. The zero-order chi connectivity index (χ0) is 19.7. The molecule has 0 spiro atoms. The first kappa shape index (κ1) is 21.5. The first-order valence-corrected chi connectivity index (χ1v) is 11.3. The summed E-state index contributed by atoms with van der Waals surface area (Å²) in [6, 6.07) is 8.37. The van der Waals surface area contributed by atoms with Gasteiger partial charge in [0, 0.05) is 25.9 Å². The number of methoxy groups -OCH3 is 1. The highest BCUT2D eigenvalue weighted by Gasteiger charge is 2.24. The smallest absolute Gasteiger partial charge is 0.191 e. The highest BCUT2D eigenvalue weighted by Crippen LogP contribution is 2.27. The molecule has 1 aromatic carbocycles. The minimum absolute atomic E-state index is 0.107. The Kier molecular flexibility index (Phi) is 8.37. The molecule has 0 radical (unpaired) electrons. The van der Waals surface area contributed by atoms with Crippen LogP contribution in [0.5, 0.6) is 5.75 Å².